The van der Waals surface area contributed by atoms with Crippen molar-refractivity contribution in [2.75, 3.05) is 12.4 Å². The molecule has 0 radical (unpaired) electrons. The van der Waals surface area contributed by atoms with Crippen LogP contribution in [0.2, 0.25) is 0 Å². The summed E-state index contributed by atoms with van der Waals surface area (Å²) in [5.41, 5.74) is 2.85. The fraction of sp³-hybridized carbons (Fsp3) is 0.143. The van der Waals surface area contributed by atoms with Crippen LogP contribution >= 0.6 is 0 Å². The van der Waals surface area contributed by atoms with E-state index in [1.807, 2.05) is 42.5 Å². The van der Waals surface area contributed by atoms with E-state index < -0.39 is 5.97 Å². The molecule has 0 aliphatic rings. The zero-order valence-corrected chi connectivity index (χ0v) is 14.9. The van der Waals surface area contributed by atoms with Gasteiger partial charge in [0.1, 0.15) is 18.1 Å². The SMILES string of the molecule is COc1ccc(COc2ccc(CNc3cccc(C(=O)O)c3)nc2)cc1. The van der Waals surface area contributed by atoms with E-state index in [1.54, 1.807) is 31.5 Å². The van der Waals surface area contributed by atoms with Crippen LogP contribution < -0.4 is 14.8 Å². The molecule has 0 saturated heterocycles. The van der Waals surface area contributed by atoms with Gasteiger partial charge in [0.05, 0.1) is 31.1 Å². The summed E-state index contributed by atoms with van der Waals surface area (Å²) in [5.74, 6) is 0.545. The smallest absolute Gasteiger partial charge is 0.335 e. The quantitative estimate of drug-likeness (QED) is 0.629. The molecule has 0 unspecified atom stereocenters. The van der Waals surface area contributed by atoms with Crippen molar-refractivity contribution in [1.29, 1.82) is 0 Å². The van der Waals surface area contributed by atoms with Crippen LogP contribution in [0.5, 0.6) is 11.5 Å². The first kappa shape index (κ1) is 18.3. The summed E-state index contributed by atoms with van der Waals surface area (Å²) >= 11 is 0. The molecule has 0 spiro atoms. The van der Waals surface area contributed by atoms with Gasteiger partial charge in [0.15, 0.2) is 0 Å². The van der Waals surface area contributed by atoms with Gasteiger partial charge < -0.3 is 19.9 Å². The Kier molecular flexibility index (Phi) is 5.89. The van der Waals surface area contributed by atoms with Gasteiger partial charge in [0, 0.05) is 5.69 Å². The van der Waals surface area contributed by atoms with Crippen molar-refractivity contribution < 1.29 is 19.4 Å². The summed E-state index contributed by atoms with van der Waals surface area (Å²) in [4.78, 5) is 15.4. The molecule has 2 aromatic carbocycles. The molecule has 27 heavy (non-hydrogen) atoms. The molecule has 1 heterocycles. The van der Waals surface area contributed by atoms with Crippen LogP contribution in [-0.4, -0.2) is 23.2 Å². The number of methoxy groups -OCH3 is 1. The second kappa shape index (κ2) is 8.71. The van der Waals surface area contributed by atoms with Crippen LogP contribution in [0.25, 0.3) is 0 Å². The number of carboxylic acids is 1. The molecule has 0 aliphatic heterocycles. The Balaban J connectivity index is 1.52. The van der Waals surface area contributed by atoms with Crippen LogP contribution in [0.15, 0.2) is 66.9 Å². The van der Waals surface area contributed by atoms with E-state index in [0.717, 1.165) is 22.7 Å². The molecule has 1 aromatic heterocycles. The van der Waals surface area contributed by atoms with E-state index in [9.17, 15) is 4.79 Å². The lowest BCUT2D eigenvalue weighted by Gasteiger charge is -2.09. The van der Waals surface area contributed by atoms with Crippen LogP contribution in [0.3, 0.4) is 0 Å². The van der Waals surface area contributed by atoms with Gasteiger partial charge >= 0.3 is 5.97 Å². The van der Waals surface area contributed by atoms with E-state index in [4.69, 9.17) is 14.6 Å². The first-order valence-electron chi connectivity index (χ1n) is 8.42. The van der Waals surface area contributed by atoms with Crippen LogP contribution in [0, 0.1) is 0 Å². The first-order valence-corrected chi connectivity index (χ1v) is 8.42. The third-order valence-electron chi connectivity index (χ3n) is 3.95. The Hall–Kier alpha value is -3.54. The molecule has 2 N–H and O–H groups in total. The Labute approximate surface area is 157 Å². The van der Waals surface area contributed by atoms with Crippen molar-refractivity contribution in [2.45, 2.75) is 13.2 Å². The maximum absolute atomic E-state index is 11.0. The zero-order chi connectivity index (χ0) is 19.1. The van der Waals surface area contributed by atoms with E-state index in [0.29, 0.717) is 18.9 Å². The Bertz CT molecular complexity index is 893. The number of hydrogen-bond acceptors (Lipinski definition) is 5. The van der Waals surface area contributed by atoms with Gasteiger partial charge in [-0.15, -0.1) is 0 Å². The lowest BCUT2D eigenvalue weighted by molar-refractivity contribution is 0.0697. The molecule has 0 bridgehead atoms. The van der Waals surface area contributed by atoms with E-state index in [1.165, 1.54) is 0 Å². The minimum atomic E-state index is -0.949. The molecule has 0 atom stereocenters. The summed E-state index contributed by atoms with van der Waals surface area (Å²) in [6, 6.07) is 18.1. The molecule has 6 heteroatoms. The first-order chi connectivity index (χ1) is 13.1. The summed E-state index contributed by atoms with van der Waals surface area (Å²) in [6.07, 6.45) is 1.67. The minimum Gasteiger partial charge on any atom is -0.497 e. The lowest BCUT2D eigenvalue weighted by Crippen LogP contribution is -2.03. The number of nitrogens with zero attached hydrogens (tertiary/aromatic N) is 1. The highest BCUT2D eigenvalue weighted by Gasteiger charge is 2.04. The van der Waals surface area contributed by atoms with Gasteiger partial charge in [-0.1, -0.05) is 18.2 Å². The van der Waals surface area contributed by atoms with Crippen LogP contribution in [0.4, 0.5) is 5.69 Å². The maximum Gasteiger partial charge on any atom is 0.335 e. The number of carbonyl (C=O) groups is 1. The Morgan fingerprint density at radius 2 is 1.85 bits per heavy atom. The van der Waals surface area contributed by atoms with Crippen molar-refractivity contribution in [3.63, 3.8) is 0 Å². The molecule has 3 rings (SSSR count). The average molecular weight is 364 g/mol. The topological polar surface area (TPSA) is 80.7 Å². The molecular formula is C21H20N2O4. The van der Waals surface area contributed by atoms with Crippen molar-refractivity contribution in [1.82, 2.24) is 4.98 Å². The fourth-order valence-corrected chi connectivity index (χ4v) is 2.44. The summed E-state index contributed by atoms with van der Waals surface area (Å²) < 4.78 is 10.9. The Morgan fingerprint density at radius 1 is 1.07 bits per heavy atom. The van der Waals surface area contributed by atoms with E-state index in [-0.39, 0.29) is 5.56 Å². The Morgan fingerprint density at radius 3 is 2.52 bits per heavy atom. The second-order valence-corrected chi connectivity index (χ2v) is 5.86. The lowest BCUT2D eigenvalue weighted by atomic mass is 10.2. The predicted molar refractivity (Wildman–Crippen MR) is 102 cm³/mol. The zero-order valence-electron chi connectivity index (χ0n) is 14.9. The number of rotatable bonds is 8. The predicted octanol–water partition coefficient (Wildman–Crippen LogP) is 3.98. The monoisotopic (exact) mass is 364 g/mol. The van der Waals surface area contributed by atoms with Crippen molar-refractivity contribution in [3.05, 3.63) is 83.7 Å². The fourth-order valence-electron chi connectivity index (χ4n) is 2.44. The number of nitrogens with one attached hydrogen (secondary N) is 1. The highest BCUT2D eigenvalue weighted by Crippen LogP contribution is 2.16. The summed E-state index contributed by atoms with van der Waals surface area (Å²) in [5, 5.41) is 12.2. The molecule has 0 saturated carbocycles. The molecule has 3 aromatic rings. The molecular weight excluding hydrogens is 344 g/mol. The summed E-state index contributed by atoms with van der Waals surface area (Å²) in [6.45, 7) is 0.938. The minimum absolute atomic E-state index is 0.246. The number of ether oxygens (including phenoxy) is 2. The molecule has 0 aliphatic carbocycles. The van der Waals surface area contributed by atoms with E-state index >= 15 is 0 Å². The molecule has 138 valence electrons. The number of aromatic nitrogens is 1. The molecule has 0 amide bonds. The third kappa shape index (κ3) is 5.22. The van der Waals surface area contributed by atoms with Crippen molar-refractivity contribution in [2.24, 2.45) is 0 Å². The standard InChI is InChI=1S/C21H20N2O4/c1-26-19-8-5-15(6-9-19)14-27-20-10-7-18(23-13-20)12-22-17-4-2-3-16(11-17)21(24)25/h2-11,13,22H,12,14H2,1H3,(H,24,25). The van der Waals surface area contributed by atoms with Gasteiger partial charge in [0.25, 0.3) is 0 Å². The van der Waals surface area contributed by atoms with Gasteiger partial charge in [0.2, 0.25) is 0 Å². The van der Waals surface area contributed by atoms with Crippen molar-refractivity contribution in [3.8, 4) is 11.5 Å². The van der Waals surface area contributed by atoms with E-state index in [2.05, 4.69) is 10.3 Å². The molecule has 0 fully saturated rings. The summed E-state index contributed by atoms with van der Waals surface area (Å²) in [7, 11) is 1.64. The number of benzene rings is 2. The van der Waals surface area contributed by atoms with Crippen molar-refractivity contribution >= 4 is 11.7 Å². The van der Waals surface area contributed by atoms with Gasteiger partial charge in [-0.25, -0.2) is 4.79 Å². The largest absolute Gasteiger partial charge is 0.497 e. The highest BCUT2D eigenvalue weighted by molar-refractivity contribution is 5.88. The maximum atomic E-state index is 11.0. The van der Waals surface area contributed by atoms with Gasteiger partial charge in [-0.2, -0.15) is 0 Å². The molecule has 6 nitrogen and oxygen atoms in total. The van der Waals surface area contributed by atoms with Crippen LogP contribution in [-0.2, 0) is 13.2 Å². The average Bonchev–Trinajstić information content (AvgIpc) is 2.72. The normalized spacial score (nSPS) is 10.3. The number of aromatic carboxylic acids is 1. The number of pyridine rings is 1. The number of carboxylic acid groups (broad SMARTS) is 1. The highest BCUT2D eigenvalue weighted by atomic mass is 16.5. The number of anilines is 1. The van der Waals surface area contributed by atoms with Gasteiger partial charge in [-0.3, -0.25) is 4.98 Å². The second-order valence-electron chi connectivity index (χ2n) is 5.86. The number of hydrogen-bond donors (Lipinski definition) is 2. The third-order valence-corrected chi connectivity index (χ3v) is 3.95. The van der Waals surface area contributed by atoms with Crippen LogP contribution in [0.1, 0.15) is 21.6 Å². The van der Waals surface area contributed by atoms with Gasteiger partial charge in [-0.05, 0) is 48.0 Å².